The number of hydrazone groups is 1. The lowest BCUT2D eigenvalue weighted by atomic mass is 9.91. The zero-order valence-corrected chi connectivity index (χ0v) is 18.8. The van der Waals surface area contributed by atoms with Crippen LogP contribution in [0, 0.1) is 20.8 Å². The summed E-state index contributed by atoms with van der Waals surface area (Å²) in [5.41, 5.74) is 9.08. The number of thioether (sulfide) groups is 1. The Labute approximate surface area is 186 Å². The van der Waals surface area contributed by atoms with Gasteiger partial charge in [-0.1, -0.05) is 29.5 Å². The Kier molecular flexibility index (Phi) is 6.34. The number of carbonyl (C=O) groups excluding carboxylic acids is 2. The van der Waals surface area contributed by atoms with Gasteiger partial charge in [0.15, 0.2) is 0 Å². The molecule has 160 valence electrons. The summed E-state index contributed by atoms with van der Waals surface area (Å²) >= 11 is 1.40. The molecule has 0 saturated carbocycles. The van der Waals surface area contributed by atoms with Crippen LogP contribution in [-0.4, -0.2) is 45.5 Å². The number of benzene rings is 1. The number of piperidine rings is 1. The number of hydrogen-bond acceptors (Lipinski definition) is 6. The van der Waals surface area contributed by atoms with Crippen molar-refractivity contribution in [2.24, 2.45) is 5.10 Å². The molecule has 1 N–H and O–H groups in total. The number of amides is 1. The molecule has 1 aromatic carbocycles. The van der Waals surface area contributed by atoms with Crippen molar-refractivity contribution in [3.05, 3.63) is 76.1 Å². The Morgan fingerprint density at radius 1 is 1.26 bits per heavy atom. The number of nitrogens with zero attached hydrogens (tertiary/aromatic N) is 3. The Balaban J connectivity index is 1.63. The van der Waals surface area contributed by atoms with Crippen molar-refractivity contribution >= 4 is 29.0 Å². The van der Waals surface area contributed by atoms with Gasteiger partial charge in [0.1, 0.15) is 6.04 Å². The van der Waals surface area contributed by atoms with Crippen molar-refractivity contribution in [2.75, 3.05) is 13.1 Å². The van der Waals surface area contributed by atoms with Crippen LogP contribution in [0.1, 0.15) is 40.3 Å². The fraction of sp³-hybridized carbons (Fsp3) is 0.333. The summed E-state index contributed by atoms with van der Waals surface area (Å²) in [6.07, 6.45) is 7.59. The van der Waals surface area contributed by atoms with Crippen LogP contribution in [0.2, 0.25) is 0 Å². The summed E-state index contributed by atoms with van der Waals surface area (Å²) in [6, 6.07) is 7.41. The monoisotopic (exact) mass is 434 g/mol. The zero-order chi connectivity index (χ0) is 22.0. The highest BCUT2D eigenvalue weighted by atomic mass is 32.2. The Bertz CT molecular complexity index is 1040. The molecular weight excluding hydrogens is 408 g/mol. The van der Waals surface area contributed by atoms with Crippen LogP contribution in [0.3, 0.4) is 0 Å². The van der Waals surface area contributed by atoms with Gasteiger partial charge in [-0.2, -0.15) is 5.10 Å². The maximum atomic E-state index is 13.4. The molecule has 0 spiro atoms. The maximum absolute atomic E-state index is 13.4. The lowest BCUT2D eigenvalue weighted by Crippen LogP contribution is -2.45. The first-order chi connectivity index (χ1) is 14.9. The molecule has 1 aromatic heterocycles. The minimum absolute atomic E-state index is 0.118. The summed E-state index contributed by atoms with van der Waals surface area (Å²) < 4.78 is 0. The third kappa shape index (κ3) is 4.78. The molecule has 0 aliphatic carbocycles. The fourth-order valence-corrected chi connectivity index (χ4v) is 5.50. The number of rotatable bonds is 5. The van der Waals surface area contributed by atoms with Gasteiger partial charge in [-0.15, -0.1) is 0 Å². The predicted octanol–water partition coefficient (Wildman–Crippen LogP) is 3.47. The smallest absolute Gasteiger partial charge is 0.262 e. The van der Waals surface area contributed by atoms with Gasteiger partial charge in [-0.3, -0.25) is 19.5 Å². The molecule has 4 rings (SSSR count). The number of likely N-dealkylation sites (tertiary alicyclic amines) is 1. The summed E-state index contributed by atoms with van der Waals surface area (Å²) in [5, 5.41) is 4.55. The zero-order valence-electron chi connectivity index (χ0n) is 18.0. The van der Waals surface area contributed by atoms with Gasteiger partial charge in [0.25, 0.3) is 5.91 Å². The minimum atomic E-state index is -0.474. The molecule has 2 aliphatic rings. The SMILES string of the molecule is Cc1cc(C)c(C(C(=O)N/N=C/c2ccncc2)N2CCC3SC(=O)C=C3C2)c(C)c1. The van der Waals surface area contributed by atoms with Crippen LogP contribution in [-0.2, 0) is 9.59 Å². The molecule has 1 saturated heterocycles. The lowest BCUT2D eigenvalue weighted by Gasteiger charge is -2.37. The number of hydrogen-bond donors (Lipinski definition) is 1. The van der Waals surface area contributed by atoms with Crippen molar-refractivity contribution in [3.8, 4) is 0 Å². The Morgan fingerprint density at radius 2 is 1.97 bits per heavy atom. The molecule has 1 amide bonds. The molecule has 2 aromatic rings. The van der Waals surface area contributed by atoms with Gasteiger partial charge in [0, 0.05) is 30.7 Å². The van der Waals surface area contributed by atoms with Crippen molar-refractivity contribution in [1.29, 1.82) is 0 Å². The molecule has 6 nitrogen and oxygen atoms in total. The molecular formula is C24H26N4O2S. The molecule has 2 unspecified atom stereocenters. The van der Waals surface area contributed by atoms with E-state index in [1.807, 2.05) is 12.1 Å². The molecule has 0 radical (unpaired) electrons. The van der Waals surface area contributed by atoms with E-state index in [-0.39, 0.29) is 16.3 Å². The van der Waals surface area contributed by atoms with E-state index in [0.29, 0.717) is 6.54 Å². The topological polar surface area (TPSA) is 74.7 Å². The van der Waals surface area contributed by atoms with E-state index in [4.69, 9.17) is 0 Å². The second kappa shape index (κ2) is 9.16. The number of fused-ring (bicyclic) bond motifs is 1. The highest BCUT2D eigenvalue weighted by Crippen LogP contribution is 2.38. The minimum Gasteiger partial charge on any atom is -0.284 e. The number of carbonyl (C=O) groups is 2. The van der Waals surface area contributed by atoms with Gasteiger partial charge < -0.3 is 0 Å². The summed E-state index contributed by atoms with van der Waals surface area (Å²) in [7, 11) is 0. The van der Waals surface area contributed by atoms with Crippen molar-refractivity contribution in [2.45, 2.75) is 38.5 Å². The van der Waals surface area contributed by atoms with Gasteiger partial charge in [0.05, 0.1) is 6.21 Å². The third-order valence-corrected chi connectivity index (χ3v) is 6.93. The first kappa shape index (κ1) is 21.5. The van der Waals surface area contributed by atoms with Gasteiger partial charge >= 0.3 is 0 Å². The van der Waals surface area contributed by atoms with Gasteiger partial charge in [-0.05, 0) is 73.2 Å². The van der Waals surface area contributed by atoms with Crippen molar-refractivity contribution in [3.63, 3.8) is 0 Å². The van der Waals surface area contributed by atoms with Crippen LogP contribution in [0.5, 0.6) is 0 Å². The number of aryl methyl sites for hydroxylation is 3. The normalized spacial score (nSPS) is 19.9. The van der Waals surface area contributed by atoms with Crippen LogP contribution in [0.4, 0.5) is 0 Å². The number of nitrogens with one attached hydrogen (secondary N) is 1. The predicted molar refractivity (Wildman–Crippen MR) is 124 cm³/mol. The molecule has 1 fully saturated rings. The van der Waals surface area contributed by atoms with E-state index in [1.165, 1.54) is 17.3 Å². The van der Waals surface area contributed by atoms with Crippen LogP contribution < -0.4 is 5.43 Å². The van der Waals surface area contributed by atoms with Crippen molar-refractivity contribution in [1.82, 2.24) is 15.3 Å². The number of aromatic nitrogens is 1. The highest BCUT2D eigenvalue weighted by molar-refractivity contribution is 8.15. The first-order valence-corrected chi connectivity index (χ1v) is 11.3. The Morgan fingerprint density at radius 3 is 2.68 bits per heavy atom. The average Bonchev–Trinajstić information content (AvgIpc) is 3.10. The van der Waals surface area contributed by atoms with E-state index < -0.39 is 6.04 Å². The average molecular weight is 435 g/mol. The van der Waals surface area contributed by atoms with E-state index in [1.54, 1.807) is 24.7 Å². The molecule has 0 bridgehead atoms. The van der Waals surface area contributed by atoms with Gasteiger partial charge in [0.2, 0.25) is 5.12 Å². The largest absolute Gasteiger partial charge is 0.284 e. The maximum Gasteiger partial charge on any atom is 0.262 e. The highest BCUT2D eigenvalue weighted by Gasteiger charge is 2.37. The van der Waals surface area contributed by atoms with E-state index in [9.17, 15) is 9.59 Å². The quantitative estimate of drug-likeness (QED) is 0.576. The van der Waals surface area contributed by atoms with E-state index in [2.05, 4.69) is 53.3 Å². The summed E-state index contributed by atoms with van der Waals surface area (Å²) in [5.74, 6) is -0.170. The first-order valence-electron chi connectivity index (χ1n) is 10.4. The lowest BCUT2D eigenvalue weighted by molar-refractivity contribution is -0.126. The molecule has 3 heterocycles. The van der Waals surface area contributed by atoms with E-state index >= 15 is 0 Å². The number of pyridine rings is 1. The second-order valence-electron chi connectivity index (χ2n) is 8.13. The molecule has 2 atom stereocenters. The standard InChI is InChI=1S/C24H26N4O2S/c1-15-10-16(2)22(17(3)11-15)23(24(30)27-26-13-18-4-7-25-8-5-18)28-9-6-20-19(14-28)12-21(29)31-20/h4-5,7-8,10-13,20,23H,6,9,14H2,1-3H3,(H,27,30)/b26-13+. The third-order valence-electron chi connectivity index (χ3n) is 5.76. The van der Waals surface area contributed by atoms with E-state index in [0.717, 1.165) is 40.8 Å². The summed E-state index contributed by atoms with van der Waals surface area (Å²) in [6.45, 7) is 7.53. The summed E-state index contributed by atoms with van der Waals surface area (Å²) in [4.78, 5) is 31.4. The molecule has 7 heteroatoms. The molecule has 31 heavy (non-hydrogen) atoms. The van der Waals surface area contributed by atoms with Crippen LogP contribution in [0.15, 0.2) is 53.4 Å². The van der Waals surface area contributed by atoms with Crippen LogP contribution >= 0.6 is 11.8 Å². The van der Waals surface area contributed by atoms with Crippen LogP contribution in [0.25, 0.3) is 0 Å². The van der Waals surface area contributed by atoms with Gasteiger partial charge in [-0.25, -0.2) is 5.43 Å². The Hall–Kier alpha value is -2.77. The second-order valence-corrected chi connectivity index (χ2v) is 9.34. The fourth-order valence-electron chi connectivity index (χ4n) is 4.49. The van der Waals surface area contributed by atoms with Crippen molar-refractivity contribution < 1.29 is 9.59 Å². The molecule has 2 aliphatic heterocycles.